The van der Waals surface area contributed by atoms with Crippen molar-refractivity contribution in [1.82, 2.24) is 24.6 Å². The second-order valence-corrected chi connectivity index (χ2v) is 5.18. The van der Waals surface area contributed by atoms with Gasteiger partial charge in [0.05, 0.1) is 24.8 Å². The number of amides is 1. The minimum absolute atomic E-state index is 0.192. The van der Waals surface area contributed by atoms with E-state index in [1.165, 1.54) is 4.90 Å². The summed E-state index contributed by atoms with van der Waals surface area (Å²) in [6.45, 7) is 2.80. The van der Waals surface area contributed by atoms with Gasteiger partial charge in [-0.15, -0.1) is 0 Å². The van der Waals surface area contributed by atoms with E-state index in [0.717, 1.165) is 24.3 Å². The van der Waals surface area contributed by atoms with Crippen LogP contribution in [0.2, 0.25) is 0 Å². The lowest BCUT2D eigenvalue weighted by atomic mass is 10.3. The molecule has 1 aliphatic rings. The predicted molar refractivity (Wildman–Crippen MR) is 77.4 cm³/mol. The van der Waals surface area contributed by atoms with Crippen molar-refractivity contribution in [2.75, 3.05) is 45.3 Å². The van der Waals surface area contributed by atoms with E-state index >= 15 is 0 Å². The number of carbonyl (C=O) groups is 1. The molecule has 1 amide bonds. The monoisotopic (exact) mass is 290 g/mol. The van der Waals surface area contributed by atoms with E-state index in [2.05, 4.69) is 20.0 Å². The number of morpholine rings is 1. The Hall–Kier alpha value is -2.22. The minimum Gasteiger partial charge on any atom is -0.378 e. The number of rotatable bonds is 2. The van der Waals surface area contributed by atoms with Gasteiger partial charge in [0.15, 0.2) is 5.65 Å². The van der Waals surface area contributed by atoms with Gasteiger partial charge in [0, 0.05) is 34.2 Å². The molecule has 0 saturated carbocycles. The number of anilines is 1. The SMILES string of the molecule is CN(C)C(=O)c1nc(N2CCOCC2)c2cnn(C)c2n1. The molecule has 0 aliphatic carbocycles. The summed E-state index contributed by atoms with van der Waals surface area (Å²) in [5.41, 5.74) is 0.664. The summed E-state index contributed by atoms with van der Waals surface area (Å²) in [5.74, 6) is 0.729. The van der Waals surface area contributed by atoms with Gasteiger partial charge < -0.3 is 14.5 Å². The third-order valence-electron chi connectivity index (χ3n) is 3.48. The number of hydrogen-bond donors (Lipinski definition) is 0. The molecule has 0 spiro atoms. The quantitative estimate of drug-likeness (QED) is 0.769. The van der Waals surface area contributed by atoms with Gasteiger partial charge in [0.1, 0.15) is 5.82 Å². The fourth-order valence-corrected chi connectivity index (χ4v) is 2.32. The van der Waals surface area contributed by atoms with E-state index in [1.54, 1.807) is 25.0 Å². The van der Waals surface area contributed by atoms with Crippen LogP contribution in [0, 0.1) is 0 Å². The van der Waals surface area contributed by atoms with Crippen molar-refractivity contribution in [3.63, 3.8) is 0 Å². The molecule has 0 bridgehead atoms. The molecular weight excluding hydrogens is 272 g/mol. The molecule has 2 aromatic heterocycles. The molecule has 0 atom stereocenters. The third-order valence-corrected chi connectivity index (χ3v) is 3.48. The van der Waals surface area contributed by atoms with E-state index in [-0.39, 0.29) is 11.7 Å². The number of hydrogen-bond acceptors (Lipinski definition) is 6. The molecule has 1 saturated heterocycles. The largest absolute Gasteiger partial charge is 0.378 e. The van der Waals surface area contributed by atoms with Gasteiger partial charge in [0.25, 0.3) is 5.91 Å². The van der Waals surface area contributed by atoms with Gasteiger partial charge in [0.2, 0.25) is 5.82 Å². The molecule has 0 aromatic carbocycles. The van der Waals surface area contributed by atoms with E-state index < -0.39 is 0 Å². The van der Waals surface area contributed by atoms with E-state index in [4.69, 9.17) is 4.74 Å². The molecule has 0 N–H and O–H groups in total. The van der Waals surface area contributed by atoms with Gasteiger partial charge in [-0.2, -0.15) is 5.10 Å². The van der Waals surface area contributed by atoms with Crippen LogP contribution in [0.4, 0.5) is 5.82 Å². The highest BCUT2D eigenvalue weighted by Crippen LogP contribution is 2.24. The van der Waals surface area contributed by atoms with Gasteiger partial charge in [-0.25, -0.2) is 9.97 Å². The van der Waals surface area contributed by atoms with Crippen LogP contribution >= 0.6 is 0 Å². The van der Waals surface area contributed by atoms with Crippen LogP contribution in [-0.4, -0.2) is 71.0 Å². The number of ether oxygens (including phenoxy) is 1. The Morgan fingerprint density at radius 2 is 2.00 bits per heavy atom. The second-order valence-electron chi connectivity index (χ2n) is 5.18. The molecule has 3 heterocycles. The van der Waals surface area contributed by atoms with E-state index in [9.17, 15) is 4.79 Å². The zero-order valence-corrected chi connectivity index (χ0v) is 12.4. The lowest BCUT2D eigenvalue weighted by molar-refractivity contribution is 0.0816. The van der Waals surface area contributed by atoms with Crippen molar-refractivity contribution in [2.45, 2.75) is 0 Å². The Balaban J connectivity index is 2.14. The van der Waals surface area contributed by atoms with Crippen LogP contribution in [0.1, 0.15) is 10.6 Å². The highest BCUT2D eigenvalue weighted by molar-refractivity contribution is 5.95. The number of fused-ring (bicyclic) bond motifs is 1. The average Bonchev–Trinajstić information content (AvgIpc) is 2.88. The van der Waals surface area contributed by atoms with Gasteiger partial charge in [-0.3, -0.25) is 9.48 Å². The first-order valence-electron chi connectivity index (χ1n) is 6.82. The van der Waals surface area contributed by atoms with Crippen molar-refractivity contribution in [2.24, 2.45) is 7.05 Å². The molecule has 3 rings (SSSR count). The molecule has 1 aliphatic heterocycles. The lowest BCUT2D eigenvalue weighted by Gasteiger charge is -2.28. The molecule has 1 fully saturated rings. The van der Waals surface area contributed by atoms with Crippen LogP contribution in [-0.2, 0) is 11.8 Å². The first-order chi connectivity index (χ1) is 10.1. The van der Waals surface area contributed by atoms with Crippen molar-refractivity contribution in [3.05, 3.63) is 12.0 Å². The summed E-state index contributed by atoms with van der Waals surface area (Å²) in [7, 11) is 5.18. The lowest BCUT2D eigenvalue weighted by Crippen LogP contribution is -2.37. The number of nitrogens with zero attached hydrogens (tertiary/aromatic N) is 6. The summed E-state index contributed by atoms with van der Waals surface area (Å²) in [6, 6.07) is 0. The Morgan fingerprint density at radius 3 is 2.67 bits per heavy atom. The van der Waals surface area contributed by atoms with Crippen LogP contribution in [0.15, 0.2) is 6.20 Å². The van der Waals surface area contributed by atoms with Crippen LogP contribution in [0.3, 0.4) is 0 Å². The maximum atomic E-state index is 12.2. The number of carbonyl (C=O) groups excluding carboxylic acids is 1. The van der Waals surface area contributed by atoms with Crippen LogP contribution in [0.5, 0.6) is 0 Å². The zero-order chi connectivity index (χ0) is 15.0. The molecule has 2 aromatic rings. The Bertz CT molecular complexity index is 675. The molecule has 21 heavy (non-hydrogen) atoms. The molecule has 0 radical (unpaired) electrons. The molecule has 8 heteroatoms. The average molecular weight is 290 g/mol. The second kappa shape index (κ2) is 5.28. The van der Waals surface area contributed by atoms with Crippen LogP contribution < -0.4 is 4.90 Å². The van der Waals surface area contributed by atoms with Gasteiger partial charge in [-0.1, -0.05) is 0 Å². The first kappa shape index (κ1) is 13.7. The molecule has 112 valence electrons. The molecular formula is C13H18N6O2. The predicted octanol–water partition coefficient (Wildman–Crippen LogP) is -0.0983. The first-order valence-corrected chi connectivity index (χ1v) is 6.82. The van der Waals surface area contributed by atoms with Crippen molar-refractivity contribution in [3.8, 4) is 0 Å². The third kappa shape index (κ3) is 2.42. The smallest absolute Gasteiger partial charge is 0.291 e. The fourth-order valence-electron chi connectivity index (χ4n) is 2.32. The fraction of sp³-hybridized carbons (Fsp3) is 0.538. The Morgan fingerprint density at radius 1 is 1.29 bits per heavy atom. The van der Waals surface area contributed by atoms with Crippen molar-refractivity contribution < 1.29 is 9.53 Å². The van der Waals surface area contributed by atoms with Gasteiger partial charge >= 0.3 is 0 Å². The maximum Gasteiger partial charge on any atom is 0.291 e. The van der Waals surface area contributed by atoms with Gasteiger partial charge in [-0.05, 0) is 0 Å². The maximum absolute atomic E-state index is 12.2. The summed E-state index contributed by atoms with van der Waals surface area (Å²) < 4.78 is 7.03. The molecule has 8 nitrogen and oxygen atoms in total. The van der Waals surface area contributed by atoms with E-state index in [1.807, 2.05) is 7.05 Å². The van der Waals surface area contributed by atoms with Crippen LogP contribution in [0.25, 0.3) is 11.0 Å². The zero-order valence-electron chi connectivity index (χ0n) is 12.4. The topological polar surface area (TPSA) is 76.4 Å². The normalized spacial score (nSPS) is 15.5. The highest BCUT2D eigenvalue weighted by Gasteiger charge is 2.22. The highest BCUT2D eigenvalue weighted by atomic mass is 16.5. The van der Waals surface area contributed by atoms with Crippen molar-refractivity contribution in [1.29, 1.82) is 0 Å². The summed E-state index contributed by atoms with van der Waals surface area (Å²) in [5, 5.41) is 5.08. The summed E-state index contributed by atoms with van der Waals surface area (Å²) >= 11 is 0. The number of aryl methyl sites for hydroxylation is 1. The summed E-state index contributed by atoms with van der Waals surface area (Å²) in [6.07, 6.45) is 1.74. The molecule has 0 unspecified atom stereocenters. The Kier molecular flexibility index (Phi) is 3.46. The summed E-state index contributed by atoms with van der Waals surface area (Å²) in [4.78, 5) is 24.6. The van der Waals surface area contributed by atoms with Crippen molar-refractivity contribution >= 4 is 22.8 Å². The Labute approximate surface area is 122 Å². The standard InChI is InChI=1S/C13H18N6O2/c1-17(2)13(20)10-15-11-9(8-14-18(11)3)12(16-10)19-4-6-21-7-5-19/h8H,4-7H2,1-3H3. The van der Waals surface area contributed by atoms with E-state index in [0.29, 0.717) is 18.9 Å². The number of aromatic nitrogens is 4. The minimum atomic E-state index is -0.215.